The second kappa shape index (κ2) is 9.30. The molecule has 4 rings (SSSR count). The Morgan fingerprint density at radius 1 is 1.25 bits per heavy atom. The van der Waals surface area contributed by atoms with E-state index >= 15 is 0 Å². The van der Waals surface area contributed by atoms with E-state index in [1.54, 1.807) is 19.1 Å². The average molecular weight is 458 g/mol. The third-order valence-corrected chi connectivity index (χ3v) is 6.04. The van der Waals surface area contributed by atoms with Gasteiger partial charge in [0.15, 0.2) is 5.69 Å². The Balaban J connectivity index is 1.53. The zero-order chi connectivity index (χ0) is 22.8. The highest BCUT2D eigenvalue weighted by molar-refractivity contribution is 6.33. The number of rotatable bonds is 5. The van der Waals surface area contributed by atoms with Crippen LogP contribution >= 0.6 is 11.6 Å². The molecule has 2 unspecified atom stereocenters. The molecule has 1 aliphatic rings. The summed E-state index contributed by atoms with van der Waals surface area (Å²) in [6, 6.07) is 14.8. The molecule has 0 spiro atoms. The Morgan fingerprint density at radius 2 is 2.00 bits per heavy atom. The first-order valence-corrected chi connectivity index (χ1v) is 10.8. The molecule has 0 bridgehead atoms. The number of piperazine rings is 1. The first-order valence-electron chi connectivity index (χ1n) is 10.4. The zero-order valence-electron chi connectivity index (χ0n) is 18.2. The van der Waals surface area contributed by atoms with Crippen LogP contribution in [0.25, 0.3) is 11.3 Å². The van der Waals surface area contributed by atoms with Gasteiger partial charge in [0.05, 0.1) is 10.7 Å². The third kappa shape index (κ3) is 4.22. The van der Waals surface area contributed by atoms with Crippen molar-refractivity contribution in [1.82, 2.24) is 10.1 Å². The van der Waals surface area contributed by atoms with E-state index in [4.69, 9.17) is 21.0 Å². The van der Waals surface area contributed by atoms with Crippen molar-refractivity contribution in [3.8, 4) is 11.3 Å². The highest BCUT2D eigenvalue weighted by Crippen LogP contribution is 2.31. The van der Waals surface area contributed by atoms with E-state index in [0.717, 1.165) is 11.3 Å². The Kier molecular flexibility index (Phi) is 6.48. The minimum Gasteiger partial charge on any atom is -0.366 e. The Bertz CT molecular complexity index is 1100. The number of halogens is 1. The van der Waals surface area contributed by atoms with Gasteiger partial charge in [-0.25, -0.2) is 0 Å². The fourth-order valence-electron chi connectivity index (χ4n) is 4.05. The molecule has 9 heteroatoms. The lowest BCUT2D eigenvalue weighted by atomic mass is 10.0. The lowest BCUT2D eigenvalue weighted by Gasteiger charge is -2.41. The maximum Gasteiger partial charge on any atom is 0.260 e. The van der Waals surface area contributed by atoms with Crippen molar-refractivity contribution in [2.24, 2.45) is 0 Å². The summed E-state index contributed by atoms with van der Waals surface area (Å²) in [5.74, 6) is 0.423. The van der Waals surface area contributed by atoms with Gasteiger partial charge in [0.1, 0.15) is 24.1 Å². The molecule has 8 nitrogen and oxygen atoms in total. The minimum absolute atomic E-state index is 0.0520. The van der Waals surface area contributed by atoms with Gasteiger partial charge in [-0.05, 0) is 25.1 Å². The number of aryl methyl sites for hydroxylation is 1. The standard InChI is InChI=1S/C23H25ClN4O4/c1-15-14-26(20-10-9-18(13-19(20)24)28(30)31-3)11-12-27(15)23(29)21-16(2)32-25-22(21)17-7-5-4-6-8-17/h4-10,13,15,30H,11-12,14H2,1-3H3/p+1. The van der Waals surface area contributed by atoms with Crippen molar-refractivity contribution < 1.29 is 24.6 Å². The Morgan fingerprint density at radius 3 is 2.66 bits per heavy atom. The summed E-state index contributed by atoms with van der Waals surface area (Å²) >= 11 is 6.48. The van der Waals surface area contributed by atoms with Crippen molar-refractivity contribution in [2.75, 3.05) is 31.6 Å². The van der Waals surface area contributed by atoms with Crippen LogP contribution in [0.5, 0.6) is 0 Å². The predicted molar refractivity (Wildman–Crippen MR) is 120 cm³/mol. The molecular weight excluding hydrogens is 432 g/mol. The van der Waals surface area contributed by atoms with E-state index in [2.05, 4.69) is 10.1 Å². The Hall–Kier alpha value is -2.91. The summed E-state index contributed by atoms with van der Waals surface area (Å²) in [5, 5.41) is 14.3. The Labute approximate surface area is 191 Å². The zero-order valence-corrected chi connectivity index (χ0v) is 19.0. The highest BCUT2D eigenvalue weighted by Gasteiger charge is 2.33. The summed E-state index contributed by atoms with van der Waals surface area (Å²) in [6.07, 6.45) is 0. The molecule has 0 radical (unpaired) electrons. The molecule has 3 aromatic rings. The van der Waals surface area contributed by atoms with Crippen molar-refractivity contribution in [2.45, 2.75) is 19.9 Å². The molecule has 2 heterocycles. The van der Waals surface area contributed by atoms with E-state index in [1.165, 1.54) is 7.11 Å². The van der Waals surface area contributed by atoms with Crippen molar-refractivity contribution in [1.29, 1.82) is 0 Å². The van der Waals surface area contributed by atoms with Crippen molar-refractivity contribution in [3.05, 3.63) is 64.9 Å². The molecular formula is C23H26ClN4O4+. The van der Waals surface area contributed by atoms with Crippen LogP contribution in [0.3, 0.4) is 0 Å². The molecule has 2 N–H and O–H groups in total. The fourth-order valence-corrected chi connectivity index (χ4v) is 4.35. The van der Waals surface area contributed by atoms with Crippen LogP contribution in [0.2, 0.25) is 5.02 Å². The number of hydrogen-bond donors (Lipinski definition) is 2. The van der Waals surface area contributed by atoms with E-state index < -0.39 is 0 Å². The number of amides is 1. The van der Waals surface area contributed by atoms with E-state index in [1.807, 2.05) is 48.2 Å². The second-order valence-electron chi connectivity index (χ2n) is 7.80. The van der Waals surface area contributed by atoms with Gasteiger partial charge in [0, 0.05) is 43.4 Å². The van der Waals surface area contributed by atoms with E-state index in [9.17, 15) is 10.0 Å². The quantitative estimate of drug-likeness (QED) is 0.573. The summed E-state index contributed by atoms with van der Waals surface area (Å²) in [4.78, 5) is 22.3. The molecule has 1 saturated heterocycles. The maximum atomic E-state index is 13.5. The maximum absolute atomic E-state index is 13.5. The first-order chi connectivity index (χ1) is 15.4. The molecule has 168 valence electrons. The topological polar surface area (TPSA) is 83.5 Å². The number of aromatic nitrogens is 1. The van der Waals surface area contributed by atoms with Crippen LogP contribution in [0.4, 0.5) is 11.4 Å². The number of nitrogens with zero attached hydrogens (tertiary/aromatic N) is 3. The predicted octanol–water partition coefficient (Wildman–Crippen LogP) is 3.12. The monoisotopic (exact) mass is 457 g/mol. The number of quaternary nitrogens is 1. The molecule has 0 aliphatic carbocycles. The molecule has 0 saturated carbocycles. The van der Waals surface area contributed by atoms with Crippen molar-refractivity contribution >= 4 is 28.9 Å². The molecule has 1 amide bonds. The van der Waals surface area contributed by atoms with Crippen molar-refractivity contribution in [3.63, 3.8) is 0 Å². The average Bonchev–Trinajstić information content (AvgIpc) is 3.19. The summed E-state index contributed by atoms with van der Waals surface area (Å²) in [6.45, 7) is 5.56. The lowest BCUT2D eigenvalue weighted by Crippen LogP contribution is -3.03. The van der Waals surface area contributed by atoms with E-state index in [0.29, 0.717) is 47.4 Å². The second-order valence-corrected chi connectivity index (χ2v) is 8.20. The van der Waals surface area contributed by atoms with Gasteiger partial charge >= 0.3 is 0 Å². The third-order valence-electron chi connectivity index (χ3n) is 5.74. The van der Waals surface area contributed by atoms with Gasteiger partial charge in [-0.1, -0.05) is 47.1 Å². The van der Waals surface area contributed by atoms with Gasteiger partial charge in [0.25, 0.3) is 5.91 Å². The van der Waals surface area contributed by atoms with Crippen LogP contribution in [-0.4, -0.2) is 54.0 Å². The van der Waals surface area contributed by atoms with E-state index in [-0.39, 0.29) is 17.2 Å². The van der Waals surface area contributed by atoms with Crippen LogP contribution in [0.15, 0.2) is 53.1 Å². The number of anilines is 1. The molecule has 2 atom stereocenters. The van der Waals surface area contributed by atoms with Crippen LogP contribution in [0.1, 0.15) is 23.0 Å². The number of benzene rings is 2. The van der Waals surface area contributed by atoms with Gasteiger partial charge in [-0.2, -0.15) is 10.0 Å². The molecule has 2 aromatic carbocycles. The number of carbonyl (C=O) groups excluding carboxylic acids is 1. The van der Waals surface area contributed by atoms with Gasteiger partial charge in [-0.15, -0.1) is 0 Å². The molecule has 32 heavy (non-hydrogen) atoms. The van der Waals surface area contributed by atoms with Gasteiger partial charge in [0.2, 0.25) is 0 Å². The molecule has 1 aliphatic heterocycles. The largest absolute Gasteiger partial charge is 0.366 e. The minimum atomic E-state index is -0.180. The van der Waals surface area contributed by atoms with Crippen LogP contribution < -0.4 is 10.1 Å². The normalized spacial score (nSPS) is 17.5. The number of carbonyl (C=O) groups is 1. The summed E-state index contributed by atoms with van der Waals surface area (Å²) < 4.78 is 5.39. The lowest BCUT2D eigenvalue weighted by molar-refractivity contribution is -1.19. The molecule has 1 aromatic heterocycles. The smallest absolute Gasteiger partial charge is 0.260 e. The number of nitrogens with one attached hydrogen (secondary N) is 1. The first kappa shape index (κ1) is 22.3. The van der Waals surface area contributed by atoms with Crippen LogP contribution in [-0.2, 0) is 4.84 Å². The molecule has 1 fully saturated rings. The highest BCUT2D eigenvalue weighted by atomic mass is 35.5. The summed E-state index contributed by atoms with van der Waals surface area (Å²) in [7, 11) is 1.40. The fraction of sp³-hybridized carbons (Fsp3) is 0.304. The SMILES string of the molecule is CO[NH+](O)c1ccc(N2CCN(C(=O)c3c(-c4ccccc4)noc3C)C(C)C2)c(Cl)c1. The summed E-state index contributed by atoms with van der Waals surface area (Å²) in [5.41, 5.74) is 3.28. The van der Waals surface area contributed by atoms with Crippen LogP contribution in [0, 0.1) is 6.92 Å². The van der Waals surface area contributed by atoms with Gasteiger partial charge in [-0.3, -0.25) is 4.79 Å². The number of hydrogen-bond acceptors (Lipinski definition) is 6. The van der Waals surface area contributed by atoms with Gasteiger partial charge < -0.3 is 14.3 Å².